The number of thiophene rings is 1. The Bertz CT molecular complexity index is 585. The van der Waals surface area contributed by atoms with Gasteiger partial charge in [-0.25, -0.2) is 0 Å². The number of carbonyl (C=O) groups excluding carboxylic acids is 1. The van der Waals surface area contributed by atoms with Crippen LogP contribution in [0.15, 0.2) is 41.8 Å². The molecule has 0 fully saturated rings. The summed E-state index contributed by atoms with van der Waals surface area (Å²) in [5.74, 6) is -0.0857. The molecule has 0 radical (unpaired) electrons. The second kappa shape index (κ2) is 6.34. The zero-order valence-electron chi connectivity index (χ0n) is 11.1. The SMILES string of the molecule is CCc1cccc(C)c1NC(=O)/C=C\c1cccs1. The Hall–Kier alpha value is -1.87. The van der Waals surface area contributed by atoms with Crippen molar-refractivity contribution in [1.82, 2.24) is 0 Å². The van der Waals surface area contributed by atoms with Crippen LogP contribution in [0.2, 0.25) is 0 Å². The highest BCUT2D eigenvalue weighted by molar-refractivity contribution is 7.10. The molecule has 0 saturated heterocycles. The first kappa shape index (κ1) is 13.6. The van der Waals surface area contributed by atoms with Crippen LogP contribution < -0.4 is 5.32 Å². The molecular weight excluding hydrogens is 254 g/mol. The Morgan fingerprint density at radius 1 is 1.32 bits per heavy atom. The van der Waals surface area contributed by atoms with Crippen molar-refractivity contribution in [3.8, 4) is 0 Å². The molecular formula is C16H17NOS. The topological polar surface area (TPSA) is 29.1 Å². The number of aryl methyl sites for hydroxylation is 2. The summed E-state index contributed by atoms with van der Waals surface area (Å²) in [6, 6.07) is 10.0. The highest BCUT2D eigenvalue weighted by Gasteiger charge is 2.06. The minimum Gasteiger partial charge on any atom is -0.322 e. The summed E-state index contributed by atoms with van der Waals surface area (Å²) in [6.07, 6.45) is 4.33. The molecule has 1 heterocycles. The van der Waals surface area contributed by atoms with E-state index in [-0.39, 0.29) is 5.91 Å². The van der Waals surface area contributed by atoms with E-state index in [2.05, 4.69) is 12.2 Å². The van der Waals surface area contributed by atoms with Crippen molar-refractivity contribution < 1.29 is 4.79 Å². The van der Waals surface area contributed by atoms with Gasteiger partial charge in [0, 0.05) is 16.6 Å². The van der Waals surface area contributed by atoms with Crippen LogP contribution in [-0.2, 0) is 11.2 Å². The third kappa shape index (κ3) is 3.55. The number of amides is 1. The number of hydrogen-bond acceptors (Lipinski definition) is 2. The van der Waals surface area contributed by atoms with Crippen LogP contribution in [0.3, 0.4) is 0 Å². The first-order valence-corrected chi connectivity index (χ1v) is 7.19. The minimum absolute atomic E-state index is 0.0857. The number of rotatable bonds is 4. The number of benzene rings is 1. The molecule has 0 spiro atoms. The van der Waals surface area contributed by atoms with E-state index in [0.717, 1.165) is 28.1 Å². The van der Waals surface area contributed by atoms with Gasteiger partial charge in [-0.2, -0.15) is 0 Å². The predicted octanol–water partition coefficient (Wildman–Crippen LogP) is 4.27. The van der Waals surface area contributed by atoms with Gasteiger partial charge in [-0.1, -0.05) is 31.2 Å². The van der Waals surface area contributed by atoms with Crippen LogP contribution in [0.1, 0.15) is 22.9 Å². The Labute approximate surface area is 117 Å². The molecule has 1 aromatic heterocycles. The van der Waals surface area contributed by atoms with Crippen LogP contribution in [0, 0.1) is 6.92 Å². The number of carbonyl (C=O) groups is 1. The third-order valence-corrected chi connectivity index (χ3v) is 3.77. The Balaban J connectivity index is 2.11. The van der Waals surface area contributed by atoms with Gasteiger partial charge in [0.05, 0.1) is 0 Å². The highest BCUT2D eigenvalue weighted by atomic mass is 32.1. The zero-order chi connectivity index (χ0) is 13.7. The van der Waals surface area contributed by atoms with Gasteiger partial charge in [-0.15, -0.1) is 11.3 Å². The van der Waals surface area contributed by atoms with Gasteiger partial charge in [-0.05, 0) is 42.0 Å². The molecule has 2 nitrogen and oxygen atoms in total. The van der Waals surface area contributed by atoms with E-state index in [0.29, 0.717) is 0 Å². The van der Waals surface area contributed by atoms with Gasteiger partial charge in [0.1, 0.15) is 0 Å². The first-order chi connectivity index (χ1) is 9.20. The molecule has 19 heavy (non-hydrogen) atoms. The summed E-state index contributed by atoms with van der Waals surface area (Å²) in [7, 11) is 0. The number of anilines is 1. The maximum Gasteiger partial charge on any atom is 0.248 e. The molecule has 1 N–H and O–H groups in total. The van der Waals surface area contributed by atoms with Gasteiger partial charge in [-0.3, -0.25) is 4.79 Å². The van der Waals surface area contributed by atoms with Crippen molar-refractivity contribution in [1.29, 1.82) is 0 Å². The van der Waals surface area contributed by atoms with Crippen LogP contribution in [0.25, 0.3) is 6.08 Å². The van der Waals surface area contributed by atoms with Gasteiger partial charge < -0.3 is 5.32 Å². The fourth-order valence-electron chi connectivity index (χ4n) is 1.91. The monoisotopic (exact) mass is 271 g/mol. The number of nitrogens with one attached hydrogen (secondary N) is 1. The van der Waals surface area contributed by atoms with E-state index in [1.165, 1.54) is 0 Å². The predicted molar refractivity (Wildman–Crippen MR) is 82.5 cm³/mol. The summed E-state index contributed by atoms with van der Waals surface area (Å²) in [5, 5.41) is 4.97. The third-order valence-electron chi connectivity index (χ3n) is 2.93. The standard InChI is InChI=1S/C16H17NOS/c1-3-13-7-4-6-12(2)16(13)17-15(18)10-9-14-8-5-11-19-14/h4-11H,3H2,1-2H3,(H,17,18)/b10-9-. The molecule has 0 aliphatic carbocycles. The van der Waals surface area contributed by atoms with E-state index in [1.807, 2.05) is 48.7 Å². The van der Waals surface area contributed by atoms with E-state index in [9.17, 15) is 4.79 Å². The summed E-state index contributed by atoms with van der Waals surface area (Å²) in [5.41, 5.74) is 3.20. The summed E-state index contributed by atoms with van der Waals surface area (Å²) >= 11 is 1.62. The van der Waals surface area contributed by atoms with Crippen molar-refractivity contribution in [3.05, 3.63) is 57.8 Å². The average molecular weight is 271 g/mol. The maximum atomic E-state index is 11.9. The molecule has 0 saturated carbocycles. The lowest BCUT2D eigenvalue weighted by atomic mass is 10.1. The van der Waals surface area contributed by atoms with Gasteiger partial charge in [0.25, 0.3) is 0 Å². The van der Waals surface area contributed by atoms with Crippen molar-refractivity contribution in [2.45, 2.75) is 20.3 Å². The molecule has 0 unspecified atom stereocenters. The average Bonchev–Trinajstić information content (AvgIpc) is 2.92. The molecule has 2 aromatic rings. The van der Waals surface area contributed by atoms with Gasteiger partial charge >= 0.3 is 0 Å². The summed E-state index contributed by atoms with van der Waals surface area (Å²) < 4.78 is 0. The van der Waals surface area contributed by atoms with Crippen molar-refractivity contribution >= 4 is 29.0 Å². The molecule has 1 aromatic carbocycles. The lowest BCUT2D eigenvalue weighted by Gasteiger charge is -2.11. The Kier molecular flexibility index (Phi) is 4.53. The van der Waals surface area contributed by atoms with E-state index in [4.69, 9.17) is 0 Å². The summed E-state index contributed by atoms with van der Waals surface area (Å²) in [4.78, 5) is 13.0. The Morgan fingerprint density at radius 2 is 2.16 bits per heavy atom. The van der Waals surface area contributed by atoms with E-state index < -0.39 is 0 Å². The Morgan fingerprint density at radius 3 is 2.84 bits per heavy atom. The van der Waals surface area contributed by atoms with E-state index in [1.54, 1.807) is 17.4 Å². The molecule has 0 aliphatic heterocycles. The van der Waals surface area contributed by atoms with Crippen LogP contribution >= 0.6 is 11.3 Å². The molecule has 3 heteroatoms. The largest absolute Gasteiger partial charge is 0.322 e. The normalized spacial score (nSPS) is 10.8. The van der Waals surface area contributed by atoms with Crippen molar-refractivity contribution in [3.63, 3.8) is 0 Å². The second-order valence-corrected chi connectivity index (χ2v) is 5.28. The molecule has 2 rings (SSSR count). The smallest absolute Gasteiger partial charge is 0.248 e. The van der Waals surface area contributed by atoms with E-state index >= 15 is 0 Å². The molecule has 1 amide bonds. The minimum atomic E-state index is -0.0857. The first-order valence-electron chi connectivity index (χ1n) is 6.31. The fraction of sp³-hybridized carbons (Fsp3) is 0.188. The van der Waals surface area contributed by atoms with Crippen LogP contribution in [0.5, 0.6) is 0 Å². The summed E-state index contributed by atoms with van der Waals surface area (Å²) in [6.45, 7) is 4.10. The fourth-order valence-corrected chi connectivity index (χ4v) is 2.53. The van der Waals surface area contributed by atoms with Crippen molar-refractivity contribution in [2.24, 2.45) is 0 Å². The van der Waals surface area contributed by atoms with Gasteiger partial charge in [0.2, 0.25) is 5.91 Å². The molecule has 98 valence electrons. The zero-order valence-corrected chi connectivity index (χ0v) is 12.0. The number of hydrogen-bond donors (Lipinski definition) is 1. The lowest BCUT2D eigenvalue weighted by molar-refractivity contribution is -0.111. The quantitative estimate of drug-likeness (QED) is 0.827. The van der Waals surface area contributed by atoms with Crippen LogP contribution in [0.4, 0.5) is 5.69 Å². The lowest BCUT2D eigenvalue weighted by Crippen LogP contribution is -2.10. The molecule has 0 bridgehead atoms. The molecule has 0 atom stereocenters. The van der Waals surface area contributed by atoms with Gasteiger partial charge in [0.15, 0.2) is 0 Å². The maximum absolute atomic E-state index is 11.9. The van der Waals surface area contributed by atoms with Crippen LogP contribution in [-0.4, -0.2) is 5.91 Å². The highest BCUT2D eigenvalue weighted by Crippen LogP contribution is 2.21. The molecule has 0 aliphatic rings. The number of para-hydroxylation sites is 1. The second-order valence-electron chi connectivity index (χ2n) is 4.30. The van der Waals surface area contributed by atoms with Crippen molar-refractivity contribution in [2.75, 3.05) is 5.32 Å².